The van der Waals surface area contributed by atoms with Gasteiger partial charge < -0.3 is 10.1 Å². The number of aryl methyl sites for hydroxylation is 1. The van der Waals surface area contributed by atoms with E-state index in [9.17, 15) is 15.4 Å². The number of nitrogens with one attached hydrogen (secondary N) is 1. The molecule has 23 heavy (non-hydrogen) atoms. The van der Waals surface area contributed by atoms with Gasteiger partial charge in [-0.15, -0.1) is 0 Å². The molecule has 7 heteroatoms. The van der Waals surface area contributed by atoms with Crippen LogP contribution in [0, 0.1) is 35.3 Å². The Kier molecular flexibility index (Phi) is 4.76. The van der Waals surface area contributed by atoms with Crippen molar-refractivity contribution in [3.63, 3.8) is 0 Å². The molecule has 0 radical (unpaired) electrons. The summed E-state index contributed by atoms with van der Waals surface area (Å²) in [6.07, 6.45) is 0. The van der Waals surface area contributed by atoms with Crippen molar-refractivity contribution in [2.75, 3.05) is 12.4 Å². The number of benzene rings is 1. The van der Waals surface area contributed by atoms with E-state index in [1.807, 2.05) is 30.3 Å². The second-order valence-corrected chi connectivity index (χ2v) is 4.93. The van der Waals surface area contributed by atoms with Crippen LogP contribution in [0.25, 0.3) is 0 Å². The van der Waals surface area contributed by atoms with Crippen LogP contribution in [-0.4, -0.2) is 17.0 Å². The molecule has 0 bridgehead atoms. The third kappa shape index (κ3) is 3.21. The zero-order chi connectivity index (χ0) is 17.0. The highest BCUT2D eigenvalue weighted by molar-refractivity contribution is 5.63. The standard InChI is InChI=1S/C16H16N4O3/c1-10-13(8-17)16(19-11(2)15(10)20(21)22)18-9-12-6-4-5-7-14(12)23-3/h4-7H,9H2,1-3H3,(H,18,19). The van der Waals surface area contributed by atoms with Gasteiger partial charge in [0.1, 0.15) is 28.9 Å². The molecule has 0 unspecified atom stereocenters. The van der Waals surface area contributed by atoms with E-state index in [1.54, 1.807) is 21.0 Å². The predicted molar refractivity (Wildman–Crippen MR) is 85.4 cm³/mol. The summed E-state index contributed by atoms with van der Waals surface area (Å²) in [5.41, 5.74) is 1.54. The Bertz CT molecular complexity index is 797. The van der Waals surface area contributed by atoms with E-state index in [0.717, 1.165) is 5.56 Å². The first-order valence-electron chi connectivity index (χ1n) is 6.91. The predicted octanol–water partition coefficient (Wildman–Crippen LogP) is 3.10. The van der Waals surface area contributed by atoms with Gasteiger partial charge in [0, 0.05) is 12.1 Å². The summed E-state index contributed by atoms with van der Waals surface area (Å²) in [6.45, 7) is 3.50. The van der Waals surface area contributed by atoms with Crippen molar-refractivity contribution in [1.29, 1.82) is 5.26 Å². The van der Waals surface area contributed by atoms with Gasteiger partial charge in [0.25, 0.3) is 5.69 Å². The molecule has 1 N–H and O–H groups in total. The van der Waals surface area contributed by atoms with Gasteiger partial charge in [-0.25, -0.2) is 4.98 Å². The third-order valence-corrected chi connectivity index (χ3v) is 3.52. The Morgan fingerprint density at radius 3 is 2.70 bits per heavy atom. The van der Waals surface area contributed by atoms with Crippen molar-refractivity contribution in [3.05, 3.63) is 56.8 Å². The number of pyridine rings is 1. The van der Waals surface area contributed by atoms with E-state index in [4.69, 9.17) is 4.74 Å². The van der Waals surface area contributed by atoms with Gasteiger partial charge in [-0.05, 0) is 19.9 Å². The zero-order valence-electron chi connectivity index (χ0n) is 13.1. The number of methoxy groups -OCH3 is 1. The van der Waals surface area contributed by atoms with Crippen molar-refractivity contribution >= 4 is 11.5 Å². The average molecular weight is 312 g/mol. The van der Waals surface area contributed by atoms with Crippen LogP contribution in [-0.2, 0) is 6.54 Å². The highest BCUT2D eigenvalue weighted by atomic mass is 16.6. The maximum Gasteiger partial charge on any atom is 0.294 e. The molecule has 1 heterocycles. The fourth-order valence-corrected chi connectivity index (χ4v) is 2.41. The van der Waals surface area contributed by atoms with E-state index in [0.29, 0.717) is 23.7 Å². The lowest BCUT2D eigenvalue weighted by Gasteiger charge is -2.13. The Morgan fingerprint density at radius 2 is 2.09 bits per heavy atom. The second-order valence-electron chi connectivity index (χ2n) is 4.93. The summed E-state index contributed by atoms with van der Waals surface area (Å²) < 4.78 is 5.27. The molecule has 2 rings (SSSR count). The molecule has 7 nitrogen and oxygen atoms in total. The van der Waals surface area contributed by atoms with Gasteiger partial charge in [-0.3, -0.25) is 10.1 Å². The summed E-state index contributed by atoms with van der Waals surface area (Å²) in [4.78, 5) is 14.8. The van der Waals surface area contributed by atoms with Gasteiger partial charge in [0.05, 0.1) is 17.6 Å². The first-order valence-corrected chi connectivity index (χ1v) is 6.91. The van der Waals surface area contributed by atoms with Crippen molar-refractivity contribution in [2.45, 2.75) is 20.4 Å². The molecule has 0 atom stereocenters. The van der Waals surface area contributed by atoms with Crippen LogP contribution in [0.2, 0.25) is 0 Å². The van der Waals surface area contributed by atoms with Gasteiger partial charge in [-0.2, -0.15) is 5.26 Å². The Balaban J connectivity index is 2.38. The lowest BCUT2D eigenvalue weighted by molar-refractivity contribution is -0.386. The van der Waals surface area contributed by atoms with E-state index in [2.05, 4.69) is 10.3 Å². The van der Waals surface area contributed by atoms with Crippen molar-refractivity contribution in [1.82, 2.24) is 4.98 Å². The highest BCUT2D eigenvalue weighted by Gasteiger charge is 2.22. The SMILES string of the molecule is COc1ccccc1CNc1nc(C)c([N+](=O)[O-])c(C)c1C#N. The largest absolute Gasteiger partial charge is 0.496 e. The Labute approximate surface area is 133 Å². The van der Waals surface area contributed by atoms with E-state index < -0.39 is 4.92 Å². The molecule has 2 aromatic rings. The lowest BCUT2D eigenvalue weighted by atomic mass is 10.1. The molecule has 0 aliphatic rings. The summed E-state index contributed by atoms with van der Waals surface area (Å²) >= 11 is 0. The highest BCUT2D eigenvalue weighted by Crippen LogP contribution is 2.29. The molecule has 1 aromatic heterocycles. The van der Waals surface area contributed by atoms with Gasteiger partial charge in [0.15, 0.2) is 0 Å². The fraction of sp³-hybridized carbons (Fsp3) is 0.250. The molecular weight excluding hydrogens is 296 g/mol. The molecule has 0 fully saturated rings. The number of para-hydroxylation sites is 1. The number of nitriles is 1. The summed E-state index contributed by atoms with van der Waals surface area (Å²) in [5.74, 6) is 1.05. The molecule has 0 saturated heterocycles. The molecule has 0 spiro atoms. The molecule has 0 amide bonds. The van der Waals surface area contributed by atoms with Crippen molar-refractivity contribution < 1.29 is 9.66 Å². The number of hydrogen-bond donors (Lipinski definition) is 1. The van der Waals surface area contributed by atoms with E-state index in [-0.39, 0.29) is 16.9 Å². The molecular formula is C16H16N4O3. The fourth-order valence-electron chi connectivity index (χ4n) is 2.41. The minimum Gasteiger partial charge on any atom is -0.496 e. The number of hydrogen-bond acceptors (Lipinski definition) is 6. The topological polar surface area (TPSA) is 101 Å². The number of rotatable bonds is 5. The maximum atomic E-state index is 11.1. The summed E-state index contributed by atoms with van der Waals surface area (Å²) in [6, 6.07) is 9.46. The number of ether oxygens (including phenoxy) is 1. The van der Waals surface area contributed by atoms with Gasteiger partial charge >= 0.3 is 0 Å². The average Bonchev–Trinajstić information content (AvgIpc) is 2.52. The minimum atomic E-state index is -0.511. The molecule has 0 saturated carbocycles. The number of nitro groups is 1. The van der Waals surface area contributed by atoms with Crippen LogP contribution >= 0.6 is 0 Å². The number of anilines is 1. The minimum absolute atomic E-state index is 0.121. The van der Waals surface area contributed by atoms with Crippen LogP contribution < -0.4 is 10.1 Å². The van der Waals surface area contributed by atoms with E-state index in [1.165, 1.54) is 0 Å². The van der Waals surface area contributed by atoms with Crippen LogP contribution in [0.15, 0.2) is 24.3 Å². The van der Waals surface area contributed by atoms with Crippen LogP contribution in [0.5, 0.6) is 5.75 Å². The number of aromatic nitrogens is 1. The second kappa shape index (κ2) is 6.75. The van der Waals surface area contributed by atoms with Crippen molar-refractivity contribution in [2.24, 2.45) is 0 Å². The smallest absolute Gasteiger partial charge is 0.294 e. The van der Waals surface area contributed by atoms with Crippen LogP contribution in [0.1, 0.15) is 22.4 Å². The van der Waals surface area contributed by atoms with Gasteiger partial charge in [-0.1, -0.05) is 18.2 Å². The van der Waals surface area contributed by atoms with Crippen LogP contribution in [0.4, 0.5) is 11.5 Å². The molecule has 0 aliphatic carbocycles. The summed E-state index contributed by atoms with van der Waals surface area (Å²) in [5, 5.41) is 23.5. The quantitative estimate of drug-likeness (QED) is 0.672. The normalized spacial score (nSPS) is 10.0. The zero-order valence-corrected chi connectivity index (χ0v) is 13.1. The molecule has 118 valence electrons. The summed E-state index contributed by atoms with van der Waals surface area (Å²) in [7, 11) is 1.58. The number of nitrogens with zero attached hydrogens (tertiary/aromatic N) is 3. The Morgan fingerprint density at radius 1 is 1.39 bits per heavy atom. The van der Waals surface area contributed by atoms with Gasteiger partial charge in [0.2, 0.25) is 0 Å². The first-order chi connectivity index (χ1) is 11.0. The lowest BCUT2D eigenvalue weighted by Crippen LogP contribution is -2.09. The van der Waals surface area contributed by atoms with Crippen LogP contribution in [0.3, 0.4) is 0 Å². The molecule has 0 aliphatic heterocycles. The Hall–Kier alpha value is -3.14. The first kappa shape index (κ1) is 16.2. The third-order valence-electron chi connectivity index (χ3n) is 3.52. The van der Waals surface area contributed by atoms with Crippen molar-refractivity contribution in [3.8, 4) is 11.8 Å². The maximum absolute atomic E-state index is 11.1. The van der Waals surface area contributed by atoms with E-state index >= 15 is 0 Å². The molecule has 1 aromatic carbocycles. The monoisotopic (exact) mass is 312 g/mol.